The van der Waals surface area contributed by atoms with Gasteiger partial charge in [0.1, 0.15) is 5.54 Å². The van der Waals surface area contributed by atoms with E-state index < -0.39 is 11.5 Å². The number of allylic oxidation sites excluding steroid dienone is 1. The minimum atomic E-state index is -1.19. The van der Waals surface area contributed by atoms with E-state index in [1.807, 2.05) is 0 Å². The summed E-state index contributed by atoms with van der Waals surface area (Å²) in [5.41, 5.74) is -1.19. The number of carboxylic acids is 1. The van der Waals surface area contributed by atoms with Crippen LogP contribution in [0.25, 0.3) is 0 Å². The van der Waals surface area contributed by atoms with E-state index in [9.17, 15) is 14.7 Å². The second-order valence-corrected chi connectivity index (χ2v) is 4.78. The number of ether oxygens (including phenoxy) is 1. The van der Waals surface area contributed by atoms with E-state index in [1.54, 1.807) is 13.1 Å². The number of hydrogen-bond acceptors (Lipinski definition) is 3. The second kappa shape index (κ2) is 7.13. The number of nitrogens with zero attached hydrogens (tertiary/aromatic N) is 1. The van der Waals surface area contributed by atoms with Gasteiger partial charge in [0, 0.05) is 39.6 Å². The molecule has 6 heteroatoms. The lowest BCUT2D eigenvalue weighted by atomic mass is 9.90. The van der Waals surface area contributed by atoms with Crippen molar-refractivity contribution in [2.75, 3.05) is 26.8 Å². The monoisotopic (exact) mass is 270 g/mol. The highest BCUT2D eigenvalue weighted by molar-refractivity contribution is 5.86. The van der Waals surface area contributed by atoms with Crippen LogP contribution in [0.3, 0.4) is 0 Å². The zero-order valence-corrected chi connectivity index (χ0v) is 11.4. The molecule has 0 atom stereocenters. The van der Waals surface area contributed by atoms with Gasteiger partial charge in [0.2, 0.25) is 0 Å². The number of urea groups is 1. The van der Waals surface area contributed by atoms with Gasteiger partial charge in [-0.05, 0) is 12.8 Å². The van der Waals surface area contributed by atoms with Crippen LogP contribution >= 0.6 is 0 Å². The second-order valence-electron chi connectivity index (χ2n) is 4.78. The van der Waals surface area contributed by atoms with Crippen LogP contribution in [0.4, 0.5) is 4.79 Å². The van der Waals surface area contributed by atoms with Gasteiger partial charge < -0.3 is 20.1 Å². The van der Waals surface area contributed by atoms with Gasteiger partial charge in [-0.15, -0.1) is 6.58 Å². The average Bonchev–Trinajstić information content (AvgIpc) is 2.39. The first-order valence-corrected chi connectivity index (χ1v) is 6.47. The number of aliphatic carboxylic acids is 1. The molecule has 0 bridgehead atoms. The van der Waals surface area contributed by atoms with Crippen molar-refractivity contribution in [3.8, 4) is 0 Å². The molecule has 2 N–H and O–H groups in total. The van der Waals surface area contributed by atoms with Gasteiger partial charge in [0.15, 0.2) is 0 Å². The molecule has 0 saturated carbocycles. The lowest BCUT2D eigenvalue weighted by molar-refractivity contribution is -0.148. The number of nitrogens with one attached hydrogen (secondary N) is 1. The summed E-state index contributed by atoms with van der Waals surface area (Å²) in [6.45, 7) is 4.90. The van der Waals surface area contributed by atoms with Gasteiger partial charge in [-0.25, -0.2) is 9.59 Å². The first-order valence-electron chi connectivity index (χ1n) is 6.47. The highest BCUT2D eigenvalue weighted by atomic mass is 16.5. The van der Waals surface area contributed by atoms with Crippen molar-refractivity contribution in [3.63, 3.8) is 0 Å². The van der Waals surface area contributed by atoms with Crippen LogP contribution in [0.15, 0.2) is 12.7 Å². The number of carbonyl (C=O) groups is 2. The molecule has 1 fully saturated rings. The van der Waals surface area contributed by atoms with Gasteiger partial charge in [-0.3, -0.25) is 0 Å². The fourth-order valence-electron chi connectivity index (χ4n) is 1.99. The molecule has 19 heavy (non-hydrogen) atoms. The van der Waals surface area contributed by atoms with Gasteiger partial charge in [-0.2, -0.15) is 0 Å². The molecule has 0 unspecified atom stereocenters. The van der Waals surface area contributed by atoms with Crippen LogP contribution in [0.5, 0.6) is 0 Å². The molecule has 0 aliphatic carbocycles. The fourth-order valence-corrected chi connectivity index (χ4v) is 1.99. The molecule has 6 nitrogen and oxygen atoms in total. The smallest absolute Gasteiger partial charge is 0.329 e. The minimum absolute atomic E-state index is 0.300. The maximum absolute atomic E-state index is 12.0. The molecule has 0 aromatic heterocycles. The maximum Gasteiger partial charge on any atom is 0.329 e. The zero-order valence-electron chi connectivity index (χ0n) is 11.4. The number of carboxylic acid groups (broad SMARTS) is 1. The summed E-state index contributed by atoms with van der Waals surface area (Å²) in [7, 11) is 1.66. The number of carbonyl (C=O) groups excluding carboxylic acids is 1. The highest BCUT2D eigenvalue weighted by Crippen LogP contribution is 2.21. The Morgan fingerprint density at radius 3 is 2.63 bits per heavy atom. The van der Waals surface area contributed by atoms with E-state index in [0.717, 1.165) is 12.8 Å². The number of hydrogen-bond donors (Lipinski definition) is 2. The molecule has 1 saturated heterocycles. The Labute approximate surface area is 113 Å². The third-order valence-electron chi connectivity index (χ3n) is 3.35. The predicted octanol–water partition coefficient (Wildman–Crippen LogP) is 1.23. The van der Waals surface area contributed by atoms with Gasteiger partial charge in [-0.1, -0.05) is 6.08 Å². The predicted molar refractivity (Wildman–Crippen MR) is 71.0 cm³/mol. The van der Waals surface area contributed by atoms with Gasteiger partial charge in [0.25, 0.3) is 0 Å². The summed E-state index contributed by atoms with van der Waals surface area (Å²) in [5, 5.41) is 12.0. The Balaban J connectivity index is 2.56. The van der Waals surface area contributed by atoms with Crippen LogP contribution in [0, 0.1) is 0 Å². The number of rotatable bonds is 6. The van der Waals surface area contributed by atoms with Crippen LogP contribution in [0.1, 0.15) is 25.7 Å². The third-order valence-corrected chi connectivity index (χ3v) is 3.35. The molecule has 0 radical (unpaired) electrons. The lowest BCUT2D eigenvalue weighted by Crippen LogP contribution is -2.59. The van der Waals surface area contributed by atoms with Crippen LogP contribution in [-0.4, -0.2) is 54.4 Å². The maximum atomic E-state index is 12.0. The summed E-state index contributed by atoms with van der Waals surface area (Å²) >= 11 is 0. The van der Waals surface area contributed by atoms with Crippen molar-refractivity contribution in [2.45, 2.75) is 31.2 Å². The van der Waals surface area contributed by atoms with E-state index in [0.29, 0.717) is 32.6 Å². The Hall–Kier alpha value is -1.56. The normalized spacial score (nSPS) is 17.5. The Morgan fingerprint density at radius 1 is 1.47 bits per heavy atom. The average molecular weight is 270 g/mol. The molecule has 1 aliphatic heterocycles. The summed E-state index contributed by atoms with van der Waals surface area (Å²) in [6.07, 6.45) is 4.04. The van der Waals surface area contributed by atoms with E-state index in [2.05, 4.69) is 11.9 Å². The number of unbranched alkanes of at least 4 members (excludes halogenated alkanes) is 1. The summed E-state index contributed by atoms with van der Waals surface area (Å²) in [6, 6.07) is -0.353. The SMILES string of the molecule is C=CCCCN(C)C(=O)NC1(C(=O)O)CCOCC1. The summed E-state index contributed by atoms with van der Waals surface area (Å²) in [5.74, 6) is -0.997. The molecule has 0 aromatic rings. The molecule has 0 aromatic carbocycles. The molecule has 0 spiro atoms. The highest BCUT2D eigenvalue weighted by Gasteiger charge is 2.42. The van der Waals surface area contributed by atoms with Crippen molar-refractivity contribution in [1.29, 1.82) is 0 Å². The van der Waals surface area contributed by atoms with Crippen molar-refractivity contribution < 1.29 is 19.4 Å². The molecular formula is C13H22N2O4. The third kappa shape index (κ3) is 4.24. The summed E-state index contributed by atoms with van der Waals surface area (Å²) < 4.78 is 5.16. The van der Waals surface area contributed by atoms with E-state index in [-0.39, 0.29) is 6.03 Å². The molecular weight excluding hydrogens is 248 g/mol. The Kier molecular flexibility index (Phi) is 5.82. The van der Waals surface area contributed by atoms with Crippen molar-refractivity contribution in [2.24, 2.45) is 0 Å². The lowest BCUT2D eigenvalue weighted by Gasteiger charge is -2.35. The van der Waals surface area contributed by atoms with Crippen molar-refractivity contribution in [3.05, 3.63) is 12.7 Å². The Morgan fingerprint density at radius 2 is 2.11 bits per heavy atom. The number of amides is 2. The zero-order chi connectivity index (χ0) is 14.3. The van der Waals surface area contributed by atoms with E-state index in [4.69, 9.17) is 4.74 Å². The van der Waals surface area contributed by atoms with Crippen LogP contribution < -0.4 is 5.32 Å². The summed E-state index contributed by atoms with van der Waals surface area (Å²) in [4.78, 5) is 24.9. The minimum Gasteiger partial charge on any atom is -0.480 e. The largest absolute Gasteiger partial charge is 0.480 e. The fraction of sp³-hybridized carbons (Fsp3) is 0.692. The van der Waals surface area contributed by atoms with Gasteiger partial charge in [0.05, 0.1) is 0 Å². The first kappa shape index (κ1) is 15.5. The first-order chi connectivity index (χ1) is 9.02. The van der Waals surface area contributed by atoms with E-state index in [1.165, 1.54) is 4.90 Å². The van der Waals surface area contributed by atoms with Crippen LogP contribution in [0.2, 0.25) is 0 Å². The van der Waals surface area contributed by atoms with Gasteiger partial charge >= 0.3 is 12.0 Å². The molecule has 2 amide bonds. The van der Waals surface area contributed by atoms with E-state index >= 15 is 0 Å². The quantitative estimate of drug-likeness (QED) is 0.562. The molecule has 1 heterocycles. The molecule has 1 rings (SSSR count). The van der Waals surface area contributed by atoms with Crippen molar-refractivity contribution in [1.82, 2.24) is 10.2 Å². The Bertz CT molecular complexity index is 338. The standard InChI is InChI=1S/C13H22N2O4/c1-3-4-5-8-15(2)12(18)14-13(11(16)17)6-9-19-10-7-13/h3H,1,4-10H2,2H3,(H,14,18)(H,16,17). The van der Waals surface area contributed by atoms with Crippen LogP contribution in [-0.2, 0) is 9.53 Å². The van der Waals surface area contributed by atoms with Crippen molar-refractivity contribution >= 4 is 12.0 Å². The molecule has 1 aliphatic rings. The topological polar surface area (TPSA) is 78.9 Å². The molecule has 108 valence electrons.